The Morgan fingerprint density at radius 3 is 2.67 bits per heavy atom. The van der Waals surface area contributed by atoms with E-state index >= 15 is 0 Å². The highest BCUT2D eigenvalue weighted by molar-refractivity contribution is 5.57. The number of nitro groups is 1. The van der Waals surface area contributed by atoms with Crippen LogP contribution in [0.5, 0.6) is 0 Å². The second kappa shape index (κ2) is 7.75. The van der Waals surface area contributed by atoms with Crippen LogP contribution in [0.15, 0.2) is 6.20 Å². The summed E-state index contributed by atoms with van der Waals surface area (Å²) in [6.07, 6.45) is 9.13. The molecule has 7 nitrogen and oxygen atoms in total. The van der Waals surface area contributed by atoms with Gasteiger partial charge in [-0.05, 0) is 19.3 Å². The molecule has 21 heavy (non-hydrogen) atoms. The van der Waals surface area contributed by atoms with E-state index in [1.165, 1.54) is 19.0 Å². The smallest absolute Gasteiger partial charge is 0.329 e. The zero-order valence-corrected chi connectivity index (χ0v) is 12.5. The minimum Gasteiger partial charge on any atom is -0.361 e. The predicted octanol–water partition coefficient (Wildman–Crippen LogP) is 3.34. The SMILES string of the molecule is CCCNc1ncc([N+](=O)[O-])c(NC2CCCCCC2)n1. The lowest BCUT2D eigenvalue weighted by Crippen LogP contribution is -2.20. The molecule has 0 aliphatic heterocycles. The monoisotopic (exact) mass is 293 g/mol. The van der Waals surface area contributed by atoms with Crippen molar-refractivity contribution in [2.75, 3.05) is 17.2 Å². The van der Waals surface area contributed by atoms with E-state index < -0.39 is 4.92 Å². The Kier molecular flexibility index (Phi) is 5.71. The summed E-state index contributed by atoms with van der Waals surface area (Å²) in [4.78, 5) is 19.0. The summed E-state index contributed by atoms with van der Waals surface area (Å²) in [5.74, 6) is 0.777. The Hall–Kier alpha value is -1.92. The van der Waals surface area contributed by atoms with Gasteiger partial charge in [-0.25, -0.2) is 4.98 Å². The quantitative estimate of drug-likeness (QED) is 0.474. The summed E-state index contributed by atoms with van der Waals surface area (Å²) in [6, 6.07) is 0.264. The maximum absolute atomic E-state index is 11.1. The van der Waals surface area contributed by atoms with Gasteiger partial charge in [-0.1, -0.05) is 32.6 Å². The van der Waals surface area contributed by atoms with E-state index in [1.807, 2.05) is 6.92 Å². The fourth-order valence-electron chi connectivity index (χ4n) is 2.55. The van der Waals surface area contributed by atoms with Crippen LogP contribution in [0, 0.1) is 10.1 Å². The van der Waals surface area contributed by atoms with Crippen molar-refractivity contribution in [3.8, 4) is 0 Å². The molecule has 0 saturated heterocycles. The molecule has 1 saturated carbocycles. The van der Waals surface area contributed by atoms with Crippen LogP contribution in [-0.4, -0.2) is 27.5 Å². The summed E-state index contributed by atoms with van der Waals surface area (Å²) in [5.41, 5.74) is -0.0544. The molecule has 0 amide bonds. The Labute approximate surface area is 124 Å². The van der Waals surface area contributed by atoms with Crippen LogP contribution in [0.1, 0.15) is 51.9 Å². The maximum Gasteiger partial charge on any atom is 0.329 e. The summed E-state index contributed by atoms with van der Waals surface area (Å²) >= 11 is 0. The minimum absolute atomic E-state index is 0.0544. The molecule has 0 atom stereocenters. The molecular formula is C14H23N5O2. The number of hydrogen-bond donors (Lipinski definition) is 2. The summed E-state index contributed by atoms with van der Waals surface area (Å²) in [6.45, 7) is 2.80. The molecule has 7 heteroatoms. The van der Waals surface area contributed by atoms with Crippen LogP contribution < -0.4 is 10.6 Å². The van der Waals surface area contributed by atoms with E-state index in [1.54, 1.807) is 0 Å². The van der Waals surface area contributed by atoms with Gasteiger partial charge in [-0.2, -0.15) is 4.98 Å². The standard InChI is InChI=1S/C14H23N5O2/c1-2-9-15-14-16-10-12(19(20)21)13(18-14)17-11-7-5-3-4-6-8-11/h10-11H,2-9H2,1H3,(H2,15,16,17,18). The lowest BCUT2D eigenvalue weighted by Gasteiger charge is -2.17. The van der Waals surface area contributed by atoms with Gasteiger partial charge in [-0.3, -0.25) is 10.1 Å². The van der Waals surface area contributed by atoms with Crippen molar-refractivity contribution in [3.05, 3.63) is 16.3 Å². The van der Waals surface area contributed by atoms with Crippen molar-refractivity contribution in [2.24, 2.45) is 0 Å². The van der Waals surface area contributed by atoms with Gasteiger partial charge >= 0.3 is 5.69 Å². The van der Waals surface area contributed by atoms with Gasteiger partial charge in [0, 0.05) is 12.6 Å². The molecule has 1 aromatic rings. The van der Waals surface area contributed by atoms with E-state index in [2.05, 4.69) is 20.6 Å². The first-order chi connectivity index (χ1) is 10.2. The molecule has 1 aromatic heterocycles. The van der Waals surface area contributed by atoms with E-state index in [0.29, 0.717) is 11.8 Å². The highest BCUT2D eigenvalue weighted by Gasteiger charge is 2.21. The molecule has 0 bridgehead atoms. The van der Waals surface area contributed by atoms with Crippen LogP contribution in [0.25, 0.3) is 0 Å². The van der Waals surface area contributed by atoms with Gasteiger partial charge in [0.05, 0.1) is 4.92 Å². The van der Waals surface area contributed by atoms with Gasteiger partial charge in [0.25, 0.3) is 0 Å². The molecule has 1 aliphatic carbocycles. The van der Waals surface area contributed by atoms with E-state index in [0.717, 1.165) is 38.6 Å². The average molecular weight is 293 g/mol. The summed E-state index contributed by atoms with van der Waals surface area (Å²) < 4.78 is 0. The zero-order chi connectivity index (χ0) is 15.1. The Morgan fingerprint density at radius 1 is 1.33 bits per heavy atom. The first-order valence-corrected chi connectivity index (χ1v) is 7.72. The lowest BCUT2D eigenvalue weighted by atomic mass is 10.1. The molecule has 0 spiro atoms. The van der Waals surface area contributed by atoms with Crippen LogP contribution in [0.4, 0.5) is 17.5 Å². The number of nitrogens with one attached hydrogen (secondary N) is 2. The normalized spacial score (nSPS) is 16.2. The largest absolute Gasteiger partial charge is 0.361 e. The number of anilines is 2. The van der Waals surface area contributed by atoms with Gasteiger partial charge in [0.2, 0.25) is 11.8 Å². The van der Waals surface area contributed by atoms with Gasteiger partial charge in [0.15, 0.2) is 0 Å². The van der Waals surface area contributed by atoms with Crippen LogP contribution in [-0.2, 0) is 0 Å². The van der Waals surface area contributed by atoms with Crippen LogP contribution in [0.3, 0.4) is 0 Å². The molecule has 1 fully saturated rings. The third-order valence-electron chi connectivity index (χ3n) is 3.70. The van der Waals surface area contributed by atoms with Crippen molar-refractivity contribution in [1.82, 2.24) is 9.97 Å². The van der Waals surface area contributed by atoms with Crippen molar-refractivity contribution >= 4 is 17.5 Å². The number of rotatable bonds is 6. The molecule has 2 rings (SSSR count). The van der Waals surface area contributed by atoms with E-state index in [9.17, 15) is 10.1 Å². The average Bonchev–Trinajstić information content (AvgIpc) is 2.73. The van der Waals surface area contributed by atoms with Gasteiger partial charge in [-0.15, -0.1) is 0 Å². The molecule has 0 unspecified atom stereocenters. The second-order valence-corrected chi connectivity index (χ2v) is 5.44. The minimum atomic E-state index is -0.428. The molecule has 1 aliphatic rings. The summed E-state index contributed by atoms with van der Waals surface area (Å²) in [7, 11) is 0. The fourth-order valence-corrected chi connectivity index (χ4v) is 2.55. The number of nitrogens with zero attached hydrogens (tertiary/aromatic N) is 3. The first-order valence-electron chi connectivity index (χ1n) is 7.72. The number of aromatic nitrogens is 2. The van der Waals surface area contributed by atoms with Gasteiger partial charge in [0.1, 0.15) is 6.20 Å². The van der Waals surface area contributed by atoms with Crippen LogP contribution >= 0.6 is 0 Å². The fraction of sp³-hybridized carbons (Fsp3) is 0.714. The second-order valence-electron chi connectivity index (χ2n) is 5.44. The lowest BCUT2D eigenvalue weighted by molar-refractivity contribution is -0.384. The molecule has 0 aromatic carbocycles. The van der Waals surface area contributed by atoms with Crippen molar-refractivity contribution in [3.63, 3.8) is 0 Å². The molecule has 0 radical (unpaired) electrons. The summed E-state index contributed by atoms with van der Waals surface area (Å²) in [5, 5.41) is 17.4. The first kappa shape index (κ1) is 15.5. The highest BCUT2D eigenvalue weighted by Crippen LogP contribution is 2.26. The third-order valence-corrected chi connectivity index (χ3v) is 3.70. The molecule has 116 valence electrons. The third kappa shape index (κ3) is 4.54. The van der Waals surface area contributed by atoms with E-state index in [4.69, 9.17) is 0 Å². The topological polar surface area (TPSA) is 93.0 Å². The predicted molar refractivity (Wildman–Crippen MR) is 82.6 cm³/mol. The molecule has 1 heterocycles. The molecular weight excluding hydrogens is 270 g/mol. The Balaban J connectivity index is 2.14. The van der Waals surface area contributed by atoms with Gasteiger partial charge < -0.3 is 10.6 Å². The van der Waals surface area contributed by atoms with Crippen molar-refractivity contribution in [2.45, 2.75) is 57.9 Å². The van der Waals surface area contributed by atoms with Crippen molar-refractivity contribution in [1.29, 1.82) is 0 Å². The Bertz CT molecular complexity index is 472. The number of hydrogen-bond acceptors (Lipinski definition) is 6. The highest BCUT2D eigenvalue weighted by atomic mass is 16.6. The Morgan fingerprint density at radius 2 is 2.05 bits per heavy atom. The van der Waals surface area contributed by atoms with Crippen LogP contribution in [0.2, 0.25) is 0 Å². The van der Waals surface area contributed by atoms with Crippen molar-refractivity contribution < 1.29 is 4.92 Å². The zero-order valence-electron chi connectivity index (χ0n) is 12.5. The van der Waals surface area contributed by atoms with E-state index in [-0.39, 0.29) is 11.7 Å². The maximum atomic E-state index is 11.1. The molecule has 2 N–H and O–H groups in total.